The second-order valence-corrected chi connectivity index (χ2v) is 8.73. The Kier molecular flexibility index (Phi) is 6.48. The molecule has 0 aromatic carbocycles. The Hall–Kier alpha value is -1.87. The number of alkyl halides is 3. The number of ether oxygens (including phenoxy) is 1. The molecule has 0 unspecified atom stereocenters. The number of carbonyl (C=O) groups is 1. The van der Waals surface area contributed by atoms with Gasteiger partial charge in [-0.05, 0) is 62.7 Å². The van der Waals surface area contributed by atoms with Gasteiger partial charge in [0, 0.05) is 32.4 Å². The number of rotatable bonds is 7. The molecule has 9 heteroatoms. The summed E-state index contributed by atoms with van der Waals surface area (Å²) in [6.45, 7) is 4.93. The van der Waals surface area contributed by atoms with Crippen LogP contribution in [0.15, 0.2) is 18.3 Å². The van der Waals surface area contributed by atoms with E-state index in [0.29, 0.717) is 19.0 Å². The van der Waals surface area contributed by atoms with Gasteiger partial charge < -0.3 is 19.9 Å². The molecular formula is C21H29F3N4O2. The Balaban J connectivity index is 1.24. The molecule has 2 aliphatic heterocycles. The lowest BCUT2D eigenvalue weighted by Gasteiger charge is -2.38. The van der Waals surface area contributed by atoms with Crippen LogP contribution in [0.4, 0.5) is 19.0 Å². The van der Waals surface area contributed by atoms with Gasteiger partial charge in [0.15, 0.2) is 0 Å². The lowest BCUT2D eigenvalue weighted by atomic mass is 9.95. The van der Waals surface area contributed by atoms with Crippen LogP contribution in [-0.4, -0.2) is 72.7 Å². The summed E-state index contributed by atoms with van der Waals surface area (Å²) in [6, 6.07) is 1.93. The number of nitrogens with one attached hydrogen (secondary N) is 1. The summed E-state index contributed by atoms with van der Waals surface area (Å²) in [7, 11) is 0. The minimum absolute atomic E-state index is 0.0103. The quantitative estimate of drug-likeness (QED) is 0.727. The number of halogens is 3. The molecule has 0 bridgehead atoms. The van der Waals surface area contributed by atoms with Gasteiger partial charge in [-0.15, -0.1) is 0 Å². The number of piperidine rings is 1. The average molecular weight is 426 g/mol. The highest BCUT2D eigenvalue weighted by atomic mass is 19.4. The lowest BCUT2D eigenvalue weighted by Crippen LogP contribution is -2.51. The van der Waals surface area contributed by atoms with E-state index in [0.717, 1.165) is 56.7 Å². The summed E-state index contributed by atoms with van der Waals surface area (Å²) in [6.07, 6.45) is 1.41. The zero-order chi connectivity index (χ0) is 21.1. The standard InChI is InChI=1S/C21H29F3N4O2/c22-21(23,24)17-3-6-25-19(9-17)26-10-18-13-28(20(29)14-30-18)12-16-4-7-27(8-5-16)11-15-1-2-15/h3,6,9,15-16,18H,1-2,4-5,7-8,10-14H2,(H,25,26)/t18-/m1/s1. The van der Waals surface area contributed by atoms with E-state index in [1.165, 1.54) is 19.4 Å². The smallest absolute Gasteiger partial charge is 0.367 e. The highest BCUT2D eigenvalue weighted by Gasteiger charge is 2.32. The van der Waals surface area contributed by atoms with Crippen molar-refractivity contribution in [2.75, 3.05) is 51.2 Å². The summed E-state index contributed by atoms with van der Waals surface area (Å²) in [5.74, 6) is 1.55. The average Bonchev–Trinajstić information content (AvgIpc) is 3.54. The third kappa shape index (κ3) is 5.85. The number of hydrogen-bond acceptors (Lipinski definition) is 5. The summed E-state index contributed by atoms with van der Waals surface area (Å²) < 4.78 is 44.1. The van der Waals surface area contributed by atoms with Gasteiger partial charge in [-0.2, -0.15) is 13.2 Å². The van der Waals surface area contributed by atoms with Crippen molar-refractivity contribution in [2.45, 2.75) is 38.0 Å². The van der Waals surface area contributed by atoms with Gasteiger partial charge >= 0.3 is 6.18 Å². The second kappa shape index (κ2) is 9.09. The summed E-state index contributed by atoms with van der Waals surface area (Å²) >= 11 is 0. The van der Waals surface area contributed by atoms with Crippen molar-refractivity contribution in [2.24, 2.45) is 11.8 Å². The first-order valence-corrected chi connectivity index (χ1v) is 10.8. The molecule has 0 spiro atoms. The molecule has 30 heavy (non-hydrogen) atoms. The summed E-state index contributed by atoms with van der Waals surface area (Å²) in [4.78, 5) is 20.6. The van der Waals surface area contributed by atoms with E-state index in [4.69, 9.17) is 4.74 Å². The van der Waals surface area contributed by atoms with Gasteiger partial charge in [0.2, 0.25) is 5.91 Å². The number of pyridine rings is 1. The van der Waals surface area contributed by atoms with E-state index in [1.54, 1.807) is 0 Å². The van der Waals surface area contributed by atoms with E-state index >= 15 is 0 Å². The first-order valence-electron chi connectivity index (χ1n) is 10.8. The Morgan fingerprint density at radius 1 is 1.13 bits per heavy atom. The molecule has 1 atom stereocenters. The lowest BCUT2D eigenvalue weighted by molar-refractivity contribution is -0.149. The Labute approximate surface area is 174 Å². The van der Waals surface area contributed by atoms with Gasteiger partial charge in [-0.3, -0.25) is 4.79 Å². The highest BCUT2D eigenvalue weighted by Crippen LogP contribution is 2.32. The molecule has 1 aromatic rings. The molecule has 0 radical (unpaired) electrons. The van der Waals surface area contributed by atoms with Gasteiger partial charge in [-0.1, -0.05) is 0 Å². The molecule has 6 nitrogen and oxygen atoms in total. The van der Waals surface area contributed by atoms with Crippen LogP contribution in [0, 0.1) is 11.8 Å². The molecule has 4 rings (SSSR count). The molecule has 1 aliphatic carbocycles. The minimum atomic E-state index is -4.40. The van der Waals surface area contributed by atoms with Gasteiger partial charge in [0.25, 0.3) is 0 Å². The maximum absolute atomic E-state index is 12.8. The first-order chi connectivity index (χ1) is 14.4. The number of morpholine rings is 1. The Morgan fingerprint density at radius 2 is 1.87 bits per heavy atom. The number of carbonyl (C=O) groups excluding carboxylic acids is 1. The van der Waals surface area contributed by atoms with Gasteiger partial charge in [-0.25, -0.2) is 4.98 Å². The van der Waals surface area contributed by atoms with Crippen LogP contribution < -0.4 is 5.32 Å². The van der Waals surface area contributed by atoms with Crippen molar-refractivity contribution < 1.29 is 22.7 Å². The van der Waals surface area contributed by atoms with Crippen LogP contribution in [0.3, 0.4) is 0 Å². The zero-order valence-corrected chi connectivity index (χ0v) is 17.0. The maximum atomic E-state index is 12.8. The Morgan fingerprint density at radius 3 is 2.57 bits per heavy atom. The van der Waals surface area contributed by atoms with Crippen LogP contribution in [0.1, 0.15) is 31.2 Å². The summed E-state index contributed by atoms with van der Waals surface area (Å²) in [5, 5.41) is 2.92. The zero-order valence-electron chi connectivity index (χ0n) is 17.0. The molecule has 1 N–H and O–H groups in total. The topological polar surface area (TPSA) is 57.7 Å². The fourth-order valence-electron chi connectivity index (χ4n) is 4.23. The normalized spacial score (nSPS) is 24.3. The van der Waals surface area contributed by atoms with Crippen molar-refractivity contribution in [1.29, 1.82) is 0 Å². The van der Waals surface area contributed by atoms with Gasteiger partial charge in [0.05, 0.1) is 11.7 Å². The van der Waals surface area contributed by atoms with Crippen molar-refractivity contribution in [3.05, 3.63) is 23.9 Å². The second-order valence-electron chi connectivity index (χ2n) is 8.73. The molecule has 1 saturated carbocycles. The third-order valence-corrected chi connectivity index (χ3v) is 6.22. The number of likely N-dealkylation sites (tertiary alicyclic amines) is 1. The van der Waals surface area contributed by atoms with Crippen LogP contribution in [-0.2, 0) is 15.7 Å². The summed E-state index contributed by atoms with van der Waals surface area (Å²) in [5.41, 5.74) is -0.741. The van der Waals surface area contributed by atoms with E-state index in [9.17, 15) is 18.0 Å². The molecule has 3 fully saturated rings. The van der Waals surface area contributed by atoms with Crippen molar-refractivity contribution >= 4 is 11.7 Å². The first kappa shape index (κ1) is 21.4. The Bertz CT molecular complexity index is 733. The number of anilines is 1. The van der Waals surface area contributed by atoms with E-state index in [2.05, 4.69) is 15.2 Å². The molecule has 1 amide bonds. The minimum Gasteiger partial charge on any atom is -0.367 e. The predicted molar refractivity (Wildman–Crippen MR) is 106 cm³/mol. The van der Waals surface area contributed by atoms with E-state index in [-0.39, 0.29) is 24.4 Å². The molecule has 1 aromatic heterocycles. The SMILES string of the molecule is O=C1CO[C@H](CNc2cc(C(F)(F)F)ccn2)CN1CC1CCN(CC2CC2)CC1. The van der Waals surface area contributed by atoms with E-state index in [1.807, 2.05) is 4.90 Å². The van der Waals surface area contributed by atoms with Gasteiger partial charge in [0.1, 0.15) is 12.4 Å². The monoisotopic (exact) mass is 426 g/mol. The van der Waals surface area contributed by atoms with Crippen molar-refractivity contribution in [3.63, 3.8) is 0 Å². The molecule has 3 aliphatic rings. The van der Waals surface area contributed by atoms with E-state index < -0.39 is 11.7 Å². The molecular weight excluding hydrogens is 397 g/mol. The van der Waals surface area contributed by atoms with Crippen LogP contribution in [0.5, 0.6) is 0 Å². The third-order valence-electron chi connectivity index (χ3n) is 6.22. The number of hydrogen-bond donors (Lipinski definition) is 1. The number of aromatic nitrogens is 1. The van der Waals surface area contributed by atoms with Crippen LogP contribution in [0.25, 0.3) is 0 Å². The largest absolute Gasteiger partial charge is 0.416 e. The molecule has 2 saturated heterocycles. The highest BCUT2D eigenvalue weighted by molar-refractivity contribution is 5.78. The fraction of sp³-hybridized carbons (Fsp3) is 0.714. The maximum Gasteiger partial charge on any atom is 0.416 e. The number of amides is 1. The molecule has 166 valence electrons. The number of nitrogens with zero attached hydrogens (tertiary/aromatic N) is 3. The molecule has 3 heterocycles. The predicted octanol–water partition coefficient (Wildman–Crippen LogP) is 2.86. The van der Waals surface area contributed by atoms with Crippen LogP contribution in [0.2, 0.25) is 0 Å². The fourth-order valence-corrected chi connectivity index (χ4v) is 4.23. The van der Waals surface area contributed by atoms with Crippen LogP contribution >= 0.6 is 0 Å². The van der Waals surface area contributed by atoms with Crippen molar-refractivity contribution in [3.8, 4) is 0 Å². The van der Waals surface area contributed by atoms with Crippen molar-refractivity contribution in [1.82, 2.24) is 14.8 Å².